The monoisotopic (exact) mass is 284 g/mol. The highest BCUT2D eigenvalue weighted by Gasteiger charge is 2.19. The number of rotatable bonds is 1. The van der Waals surface area contributed by atoms with Crippen molar-refractivity contribution in [2.45, 2.75) is 18.9 Å². The third kappa shape index (κ3) is 1.98. The van der Waals surface area contributed by atoms with Gasteiger partial charge in [-0.2, -0.15) is 11.8 Å². The molecule has 17 heavy (non-hydrogen) atoms. The molecule has 1 saturated heterocycles. The maximum atomic E-state index is 12.4. The zero-order chi connectivity index (χ0) is 11.8. The van der Waals surface area contributed by atoms with Gasteiger partial charge in [-0.25, -0.2) is 0 Å². The maximum absolute atomic E-state index is 12.4. The summed E-state index contributed by atoms with van der Waals surface area (Å²) in [5.41, 5.74) is 0.941. The fraction of sp³-hybridized carbons (Fsp3) is 0.455. The van der Waals surface area contributed by atoms with E-state index in [2.05, 4.69) is 4.98 Å². The van der Waals surface area contributed by atoms with Gasteiger partial charge in [-0.3, -0.25) is 9.36 Å². The minimum Gasteiger partial charge on any atom is -0.331 e. The Bertz CT molecular complexity index is 649. The van der Waals surface area contributed by atoms with Crippen LogP contribution in [0.15, 0.2) is 16.2 Å². The Labute approximate surface area is 112 Å². The molecular weight excluding hydrogens is 272 g/mol. The number of thioether (sulfide) groups is 1. The van der Waals surface area contributed by atoms with Gasteiger partial charge >= 0.3 is 0 Å². The molecule has 1 fully saturated rings. The first-order chi connectivity index (χ1) is 8.27. The minimum absolute atomic E-state index is 0.0752. The van der Waals surface area contributed by atoms with Crippen molar-refractivity contribution in [2.24, 2.45) is 0 Å². The standard InChI is InChI=1S/C11H12N2OS3/c14-10-9-8(3-5-17-9)12-11(15)13(10)7-2-1-4-16-6-7/h3,5,7H,1-2,4,6H2,(H,12,15). The molecule has 90 valence electrons. The highest BCUT2D eigenvalue weighted by atomic mass is 32.2. The molecular formula is C11H12N2OS3. The molecule has 0 radical (unpaired) electrons. The molecule has 0 aliphatic carbocycles. The first-order valence-corrected chi connectivity index (χ1v) is 8.01. The van der Waals surface area contributed by atoms with E-state index in [9.17, 15) is 4.79 Å². The molecule has 2 aromatic heterocycles. The van der Waals surface area contributed by atoms with Crippen LogP contribution in [0.3, 0.4) is 0 Å². The first-order valence-electron chi connectivity index (χ1n) is 5.57. The third-order valence-electron chi connectivity index (χ3n) is 3.04. The molecule has 1 atom stereocenters. The molecule has 3 rings (SSSR count). The number of H-pyrrole nitrogens is 1. The molecule has 3 nitrogen and oxygen atoms in total. The van der Waals surface area contributed by atoms with E-state index < -0.39 is 0 Å². The van der Waals surface area contributed by atoms with E-state index in [1.54, 1.807) is 4.57 Å². The van der Waals surface area contributed by atoms with E-state index in [1.807, 2.05) is 23.2 Å². The smallest absolute Gasteiger partial charge is 0.272 e. The fourth-order valence-corrected chi connectivity index (χ4v) is 4.46. The molecule has 1 unspecified atom stereocenters. The van der Waals surface area contributed by atoms with Crippen LogP contribution in [0, 0.1) is 4.77 Å². The number of aromatic amines is 1. The van der Waals surface area contributed by atoms with Crippen LogP contribution in [0.2, 0.25) is 0 Å². The lowest BCUT2D eigenvalue weighted by Gasteiger charge is -2.23. The zero-order valence-electron chi connectivity index (χ0n) is 9.14. The van der Waals surface area contributed by atoms with E-state index in [0.29, 0.717) is 4.77 Å². The molecule has 3 heterocycles. The molecule has 0 amide bonds. The lowest BCUT2D eigenvalue weighted by Crippen LogP contribution is -2.29. The second-order valence-electron chi connectivity index (χ2n) is 4.14. The van der Waals surface area contributed by atoms with Gasteiger partial charge in [0.1, 0.15) is 4.70 Å². The molecule has 0 spiro atoms. The summed E-state index contributed by atoms with van der Waals surface area (Å²) in [6.45, 7) is 0. The van der Waals surface area contributed by atoms with Gasteiger partial charge in [-0.05, 0) is 42.3 Å². The Kier molecular flexibility index (Phi) is 3.10. The summed E-state index contributed by atoms with van der Waals surface area (Å²) in [7, 11) is 0. The summed E-state index contributed by atoms with van der Waals surface area (Å²) in [6, 6.07) is 2.17. The predicted octanol–water partition coefficient (Wildman–Crippen LogP) is 3.19. The average Bonchev–Trinajstić information content (AvgIpc) is 2.78. The van der Waals surface area contributed by atoms with Crippen molar-refractivity contribution in [1.82, 2.24) is 9.55 Å². The normalized spacial score (nSPS) is 20.8. The van der Waals surface area contributed by atoms with Crippen LogP contribution in [-0.2, 0) is 0 Å². The summed E-state index contributed by atoms with van der Waals surface area (Å²) in [5.74, 6) is 2.19. The molecule has 1 N–H and O–H groups in total. The number of thiophene rings is 1. The van der Waals surface area contributed by atoms with Gasteiger partial charge in [0.15, 0.2) is 4.77 Å². The number of hydrogen-bond acceptors (Lipinski definition) is 4. The van der Waals surface area contributed by atoms with E-state index >= 15 is 0 Å². The quantitative estimate of drug-likeness (QED) is 0.817. The van der Waals surface area contributed by atoms with Crippen LogP contribution in [0.1, 0.15) is 18.9 Å². The maximum Gasteiger partial charge on any atom is 0.272 e. The summed E-state index contributed by atoms with van der Waals surface area (Å²) in [4.78, 5) is 15.5. The lowest BCUT2D eigenvalue weighted by atomic mass is 10.2. The van der Waals surface area contributed by atoms with Gasteiger partial charge in [0, 0.05) is 11.8 Å². The Morgan fingerprint density at radius 2 is 2.41 bits per heavy atom. The topological polar surface area (TPSA) is 37.8 Å². The van der Waals surface area contributed by atoms with Gasteiger partial charge < -0.3 is 4.98 Å². The van der Waals surface area contributed by atoms with Crippen molar-refractivity contribution < 1.29 is 0 Å². The van der Waals surface area contributed by atoms with Crippen molar-refractivity contribution in [3.05, 3.63) is 26.6 Å². The molecule has 1 aliphatic rings. The molecule has 0 aromatic carbocycles. The lowest BCUT2D eigenvalue weighted by molar-refractivity contribution is 0.478. The van der Waals surface area contributed by atoms with Gasteiger partial charge in [0.2, 0.25) is 0 Å². The predicted molar refractivity (Wildman–Crippen MR) is 76.9 cm³/mol. The van der Waals surface area contributed by atoms with Crippen molar-refractivity contribution in [3.63, 3.8) is 0 Å². The van der Waals surface area contributed by atoms with Crippen LogP contribution < -0.4 is 5.56 Å². The summed E-state index contributed by atoms with van der Waals surface area (Å²) in [5, 5.41) is 1.93. The van der Waals surface area contributed by atoms with E-state index in [4.69, 9.17) is 12.2 Å². The SMILES string of the molecule is O=c1c2sccc2[nH]c(=S)n1C1CCCSC1. The zero-order valence-corrected chi connectivity index (χ0v) is 11.6. The Morgan fingerprint density at radius 1 is 1.53 bits per heavy atom. The summed E-state index contributed by atoms with van der Waals surface area (Å²) < 4.78 is 3.13. The molecule has 0 bridgehead atoms. The second kappa shape index (κ2) is 4.59. The van der Waals surface area contributed by atoms with Crippen molar-refractivity contribution >= 4 is 45.5 Å². The number of fused-ring (bicyclic) bond motifs is 1. The van der Waals surface area contributed by atoms with Gasteiger partial charge in [0.05, 0.1) is 5.52 Å². The molecule has 6 heteroatoms. The number of hydrogen-bond donors (Lipinski definition) is 1. The highest BCUT2D eigenvalue weighted by Crippen LogP contribution is 2.26. The molecule has 1 aliphatic heterocycles. The van der Waals surface area contributed by atoms with Gasteiger partial charge in [-0.15, -0.1) is 11.3 Å². The molecule has 0 saturated carbocycles. The van der Waals surface area contributed by atoms with Crippen LogP contribution in [0.25, 0.3) is 10.2 Å². The van der Waals surface area contributed by atoms with Gasteiger partial charge in [-0.1, -0.05) is 0 Å². The second-order valence-corrected chi connectivity index (χ2v) is 6.59. The number of nitrogens with zero attached hydrogens (tertiary/aromatic N) is 1. The average molecular weight is 284 g/mol. The van der Waals surface area contributed by atoms with Crippen LogP contribution >= 0.6 is 35.3 Å². The van der Waals surface area contributed by atoms with E-state index in [0.717, 1.165) is 22.4 Å². The van der Waals surface area contributed by atoms with Crippen molar-refractivity contribution in [1.29, 1.82) is 0 Å². The minimum atomic E-state index is 0.0752. The summed E-state index contributed by atoms with van der Waals surface area (Å²) in [6.07, 6.45) is 2.22. The largest absolute Gasteiger partial charge is 0.331 e. The van der Waals surface area contributed by atoms with E-state index in [-0.39, 0.29) is 11.6 Å². The Balaban J connectivity index is 2.20. The van der Waals surface area contributed by atoms with E-state index in [1.165, 1.54) is 23.5 Å². The highest BCUT2D eigenvalue weighted by molar-refractivity contribution is 7.99. The first kappa shape index (κ1) is 11.5. The Morgan fingerprint density at radius 3 is 3.18 bits per heavy atom. The third-order valence-corrected chi connectivity index (χ3v) is 5.44. The number of aromatic nitrogens is 2. The van der Waals surface area contributed by atoms with Crippen molar-refractivity contribution in [3.8, 4) is 0 Å². The van der Waals surface area contributed by atoms with Crippen LogP contribution in [-0.4, -0.2) is 21.1 Å². The summed E-state index contributed by atoms with van der Waals surface area (Å²) >= 11 is 8.71. The number of nitrogens with one attached hydrogen (secondary N) is 1. The van der Waals surface area contributed by atoms with Crippen molar-refractivity contribution in [2.75, 3.05) is 11.5 Å². The Hall–Kier alpha value is -0.590. The van der Waals surface area contributed by atoms with Crippen LogP contribution in [0.4, 0.5) is 0 Å². The van der Waals surface area contributed by atoms with Crippen LogP contribution in [0.5, 0.6) is 0 Å². The van der Waals surface area contributed by atoms with Gasteiger partial charge in [0.25, 0.3) is 5.56 Å². The molecule has 2 aromatic rings. The fourth-order valence-electron chi connectivity index (χ4n) is 2.21.